The van der Waals surface area contributed by atoms with Gasteiger partial charge in [-0.3, -0.25) is 4.79 Å². The monoisotopic (exact) mass is 480 g/mol. The first kappa shape index (κ1) is 26.1. The summed E-state index contributed by atoms with van der Waals surface area (Å²) in [5.41, 5.74) is -0.0320. The number of esters is 1. The van der Waals surface area contributed by atoms with Crippen LogP contribution in [0.4, 0.5) is 8.78 Å². The Morgan fingerprint density at radius 3 is 2.53 bits per heavy atom. The average Bonchev–Trinajstić information content (AvgIpc) is 3.08. The van der Waals surface area contributed by atoms with Crippen molar-refractivity contribution in [2.45, 2.75) is 123 Å². The van der Waals surface area contributed by atoms with Crippen LogP contribution in [-0.2, 0) is 9.53 Å². The third-order valence-corrected chi connectivity index (χ3v) is 11.0. The molecule has 1 N–H and O–H groups in total. The van der Waals surface area contributed by atoms with Crippen LogP contribution in [0.5, 0.6) is 0 Å². The highest BCUT2D eigenvalue weighted by molar-refractivity contribution is 5.66. The Kier molecular flexibility index (Phi) is 6.80. The fourth-order valence-electron chi connectivity index (χ4n) is 8.85. The Morgan fingerprint density at radius 1 is 1.18 bits per heavy atom. The van der Waals surface area contributed by atoms with Crippen molar-refractivity contribution in [2.24, 2.45) is 40.4 Å². The average molecular weight is 481 g/mol. The van der Waals surface area contributed by atoms with Crippen molar-refractivity contribution in [3.05, 3.63) is 11.6 Å². The van der Waals surface area contributed by atoms with E-state index in [1.54, 1.807) is 0 Å². The normalized spacial score (nSPS) is 41.1. The molecule has 0 bridgehead atoms. The van der Waals surface area contributed by atoms with E-state index in [1.807, 2.05) is 0 Å². The summed E-state index contributed by atoms with van der Waals surface area (Å²) in [6, 6.07) is 0. The summed E-state index contributed by atoms with van der Waals surface area (Å²) in [4.78, 5) is 11.5. The lowest BCUT2D eigenvalue weighted by atomic mass is 9.47. The first-order valence-electron chi connectivity index (χ1n) is 13.7. The molecular weight excluding hydrogens is 434 g/mol. The van der Waals surface area contributed by atoms with Gasteiger partial charge in [0.2, 0.25) is 0 Å². The standard InChI is InChI=1S/C29H46F2O3/c1-18(11-16-29(30,31)26(3,4)33)23-9-10-24-22-8-7-20-17-21(34-19(2)32)12-14-27(20,5)25(22)13-15-28(23,24)6/h7,18,21-25,33H,8-17H2,1-6H3/t18-,21?,22+,23-,24+,25+,27+,28-/m1/s1. The Labute approximate surface area is 205 Å². The van der Waals surface area contributed by atoms with Crippen molar-refractivity contribution in [3.8, 4) is 0 Å². The molecule has 8 atom stereocenters. The Hall–Kier alpha value is -0.970. The van der Waals surface area contributed by atoms with Crippen LogP contribution in [0.3, 0.4) is 0 Å². The van der Waals surface area contributed by atoms with Crippen LogP contribution in [0.25, 0.3) is 0 Å². The Morgan fingerprint density at radius 2 is 1.88 bits per heavy atom. The summed E-state index contributed by atoms with van der Waals surface area (Å²) < 4.78 is 34.4. The van der Waals surface area contributed by atoms with Crippen molar-refractivity contribution >= 4 is 5.97 Å². The molecule has 0 spiro atoms. The summed E-state index contributed by atoms with van der Waals surface area (Å²) in [7, 11) is 0. The lowest BCUT2D eigenvalue weighted by Gasteiger charge is -2.58. The number of carbonyl (C=O) groups excluding carboxylic acids is 1. The van der Waals surface area contributed by atoms with Crippen LogP contribution in [0, 0.1) is 40.4 Å². The summed E-state index contributed by atoms with van der Waals surface area (Å²) in [5, 5.41) is 9.89. The van der Waals surface area contributed by atoms with Gasteiger partial charge in [-0.05, 0) is 106 Å². The molecule has 3 fully saturated rings. The van der Waals surface area contributed by atoms with E-state index in [0.717, 1.165) is 32.1 Å². The van der Waals surface area contributed by atoms with Crippen LogP contribution in [-0.4, -0.2) is 28.7 Å². The predicted molar refractivity (Wildman–Crippen MR) is 130 cm³/mol. The van der Waals surface area contributed by atoms with Crippen molar-refractivity contribution in [1.29, 1.82) is 0 Å². The first-order chi connectivity index (χ1) is 15.7. The van der Waals surface area contributed by atoms with Gasteiger partial charge in [-0.15, -0.1) is 0 Å². The molecule has 194 valence electrons. The largest absolute Gasteiger partial charge is 0.462 e. The van der Waals surface area contributed by atoms with Crippen molar-refractivity contribution < 1.29 is 23.4 Å². The number of hydrogen-bond acceptors (Lipinski definition) is 3. The molecule has 0 saturated heterocycles. The van der Waals surface area contributed by atoms with Gasteiger partial charge in [-0.1, -0.05) is 32.4 Å². The van der Waals surface area contributed by atoms with E-state index in [1.165, 1.54) is 45.6 Å². The highest BCUT2D eigenvalue weighted by Crippen LogP contribution is 2.67. The van der Waals surface area contributed by atoms with E-state index in [4.69, 9.17) is 4.74 Å². The number of fused-ring (bicyclic) bond motifs is 5. The van der Waals surface area contributed by atoms with Gasteiger partial charge in [0.05, 0.1) is 0 Å². The summed E-state index contributed by atoms with van der Waals surface area (Å²) in [6.07, 6.45) is 11.5. The van der Waals surface area contributed by atoms with Gasteiger partial charge in [-0.25, -0.2) is 8.78 Å². The van der Waals surface area contributed by atoms with Crippen molar-refractivity contribution in [1.82, 2.24) is 0 Å². The Balaban J connectivity index is 1.46. The molecule has 0 aliphatic heterocycles. The summed E-state index contributed by atoms with van der Waals surface area (Å²) in [5.74, 6) is -0.498. The molecule has 0 radical (unpaired) electrons. The number of alkyl halides is 2. The second-order valence-electron chi connectivity index (χ2n) is 13.2. The molecule has 3 saturated carbocycles. The maximum Gasteiger partial charge on any atom is 0.302 e. The number of allylic oxidation sites excluding steroid dienone is 1. The fourth-order valence-corrected chi connectivity index (χ4v) is 8.85. The zero-order chi connectivity index (χ0) is 25.1. The van der Waals surface area contributed by atoms with Gasteiger partial charge in [0.25, 0.3) is 5.92 Å². The number of aliphatic hydroxyl groups is 1. The van der Waals surface area contributed by atoms with Gasteiger partial charge in [0.1, 0.15) is 11.7 Å². The summed E-state index contributed by atoms with van der Waals surface area (Å²) in [6.45, 7) is 11.0. The van der Waals surface area contributed by atoms with Gasteiger partial charge in [0, 0.05) is 19.8 Å². The highest BCUT2D eigenvalue weighted by Gasteiger charge is 2.59. The van der Waals surface area contributed by atoms with Gasteiger partial charge < -0.3 is 9.84 Å². The fraction of sp³-hybridized carbons (Fsp3) is 0.897. The molecule has 0 heterocycles. The lowest BCUT2D eigenvalue weighted by Crippen LogP contribution is -2.51. The van der Waals surface area contributed by atoms with E-state index in [9.17, 15) is 18.7 Å². The Bertz CT molecular complexity index is 815. The molecule has 0 aromatic heterocycles. The second-order valence-corrected chi connectivity index (χ2v) is 13.2. The van der Waals surface area contributed by atoms with E-state index in [-0.39, 0.29) is 35.2 Å². The molecular formula is C29H46F2O3. The maximum atomic E-state index is 14.4. The number of ether oxygens (including phenoxy) is 1. The first-order valence-corrected chi connectivity index (χ1v) is 13.7. The number of rotatable bonds is 6. The topological polar surface area (TPSA) is 46.5 Å². The molecule has 5 heteroatoms. The number of hydrogen-bond donors (Lipinski definition) is 1. The summed E-state index contributed by atoms with van der Waals surface area (Å²) >= 11 is 0. The molecule has 4 aliphatic carbocycles. The minimum absolute atomic E-state index is 0.0287. The number of carbonyl (C=O) groups is 1. The van der Waals surface area contributed by atoms with Crippen molar-refractivity contribution in [2.75, 3.05) is 0 Å². The lowest BCUT2D eigenvalue weighted by molar-refractivity contribution is -0.168. The minimum Gasteiger partial charge on any atom is -0.462 e. The molecule has 4 aliphatic rings. The molecule has 3 nitrogen and oxygen atoms in total. The van der Waals surface area contributed by atoms with Crippen LogP contribution in [0.1, 0.15) is 106 Å². The maximum absolute atomic E-state index is 14.4. The molecule has 0 amide bonds. The number of halogens is 2. The van der Waals surface area contributed by atoms with Gasteiger partial charge >= 0.3 is 5.97 Å². The molecule has 4 rings (SSSR count). The van der Waals surface area contributed by atoms with Gasteiger partial charge in [-0.2, -0.15) is 0 Å². The zero-order valence-electron chi connectivity index (χ0n) is 22.1. The third kappa shape index (κ3) is 4.37. The van der Waals surface area contributed by atoms with Crippen LogP contribution < -0.4 is 0 Å². The molecule has 0 aromatic rings. The van der Waals surface area contributed by atoms with Gasteiger partial charge in [0.15, 0.2) is 0 Å². The van der Waals surface area contributed by atoms with E-state index >= 15 is 0 Å². The highest BCUT2D eigenvalue weighted by atomic mass is 19.3. The van der Waals surface area contributed by atoms with E-state index < -0.39 is 11.5 Å². The SMILES string of the molecule is CC(=O)OC1CC[C@@]2(C)C(=CC[C@H]3[C@@H]4CC[C@H]([C@H](C)CCC(F)(F)C(C)(C)O)[C@@]4(C)CC[C@@H]32)C1. The van der Waals surface area contributed by atoms with E-state index in [2.05, 4.69) is 26.8 Å². The third-order valence-electron chi connectivity index (χ3n) is 11.0. The quantitative estimate of drug-likeness (QED) is 0.320. The van der Waals surface area contributed by atoms with E-state index in [0.29, 0.717) is 30.1 Å². The van der Waals surface area contributed by atoms with Crippen LogP contribution >= 0.6 is 0 Å². The van der Waals surface area contributed by atoms with Crippen LogP contribution in [0.15, 0.2) is 11.6 Å². The molecule has 0 aromatic carbocycles. The molecule has 1 unspecified atom stereocenters. The molecule has 34 heavy (non-hydrogen) atoms. The predicted octanol–water partition coefficient (Wildman–Crippen LogP) is 7.32. The zero-order valence-corrected chi connectivity index (χ0v) is 22.1. The smallest absolute Gasteiger partial charge is 0.302 e. The van der Waals surface area contributed by atoms with Crippen molar-refractivity contribution in [3.63, 3.8) is 0 Å². The van der Waals surface area contributed by atoms with Crippen LogP contribution in [0.2, 0.25) is 0 Å². The minimum atomic E-state index is -3.05. The second kappa shape index (κ2) is 8.85.